The molecule has 1 atom stereocenters. The average molecular weight is 417 g/mol. The molecular weight excluding hydrogens is 401 g/mol. The summed E-state index contributed by atoms with van der Waals surface area (Å²) < 4.78 is 15.0. The Bertz CT molecular complexity index is 1320. The van der Waals surface area contributed by atoms with Gasteiger partial charge in [0.05, 0.1) is 6.54 Å². The van der Waals surface area contributed by atoms with Crippen LogP contribution in [0, 0.1) is 5.82 Å². The molecule has 4 aromatic rings. The molecule has 3 heterocycles. The van der Waals surface area contributed by atoms with Crippen LogP contribution >= 0.6 is 0 Å². The van der Waals surface area contributed by atoms with Gasteiger partial charge in [-0.15, -0.1) is 0 Å². The van der Waals surface area contributed by atoms with Crippen molar-refractivity contribution in [2.24, 2.45) is 0 Å². The normalized spacial score (nSPS) is 18.2. The number of aromatic nitrogens is 3. The van der Waals surface area contributed by atoms with Gasteiger partial charge in [0.25, 0.3) is 5.91 Å². The fourth-order valence-corrected chi connectivity index (χ4v) is 3.84. The summed E-state index contributed by atoms with van der Waals surface area (Å²) in [6.07, 6.45) is 4.87. The van der Waals surface area contributed by atoms with E-state index in [9.17, 15) is 19.1 Å². The second-order valence-electron chi connectivity index (χ2n) is 7.28. The van der Waals surface area contributed by atoms with Gasteiger partial charge in [-0.25, -0.2) is 19.2 Å². The van der Waals surface area contributed by atoms with E-state index in [0.29, 0.717) is 22.2 Å². The lowest BCUT2D eigenvalue weighted by molar-refractivity contribution is -0.124. The molecule has 3 N–H and O–H groups in total. The highest BCUT2D eigenvalue weighted by molar-refractivity contribution is 6.07. The third-order valence-electron chi connectivity index (χ3n) is 5.37. The molecule has 9 heteroatoms. The zero-order valence-corrected chi connectivity index (χ0v) is 16.0. The molecule has 5 rings (SSSR count). The molecule has 0 aliphatic carbocycles. The summed E-state index contributed by atoms with van der Waals surface area (Å²) in [5.41, 5.74) is -0.203. The first-order chi connectivity index (χ1) is 15.0. The van der Waals surface area contributed by atoms with Crippen LogP contribution in [-0.4, -0.2) is 31.6 Å². The lowest BCUT2D eigenvalue weighted by Crippen LogP contribution is -2.47. The van der Waals surface area contributed by atoms with Gasteiger partial charge in [0.1, 0.15) is 5.82 Å². The highest BCUT2D eigenvalue weighted by Crippen LogP contribution is 2.34. The largest absolute Gasteiger partial charge is 0.494 e. The van der Waals surface area contributed by atoms with E-state index in [2.05, 4.69) is 20.6 Å². The van der Waals surface area contributed by atoms with Crippen molar-refractivity contribution in [3.05, 3.63) is 78.5 Å². The quantitative estimate of drug-likeness (QED) is 0.443. The molecule has 2 aromatic carbocycles. The van der Waals surface area contributed by atoms with E-state index in [-0.39, 0.29) is 12.4 Å². The molecule has 0 spiro atoms. The van der Waals surface area contributed by atoms with Crippen molar-refractivity contribution < 1.29 is 19.1 Å². The predicted octanol–water partition coefficient (Wildman–Crippen LogP) is 2.68. The summed E-state index contributed by atoms with van der Waals surface area (Å²) in [5.74, 6) is -0.707. The number of hydrogen-bond donors (Lipinski definition) is 3. The minimum atomic E-state index is -1.46. The number of fused-ring (bicyclic) bond motifs is 1. The van der Waals surface area contributed by atoms with Crippen LogP contribution < -0.4 is 10.6 Å². The summed E-state index contributed by atoms with van der Waals surface area (Å²) in [4.78, 5) is 33.3. The summed E-state index contributed by atoms with van der Waals surface area (Å²) in [7, 11) is 0. The van der Waals surface area contributed by atoms with Crippen LogP contribution in [0.15, 0.2) is 67.1 Å². The zero-order chi connectivity index (χ0) is 21.6. The summed E-state index contributed by atoms with van der Waals surface area (Å²) in [5, 5.41) is 16.5. The third kappa shape index (κ3) is 3.07. The van der Waals surface area contributed by atoms with Crippen LogP contribution in [-0.2, 0) is 16.9 Å². The SMILES string of the molecule is O=C1NC(=O)[C@](Cn2cc3ccc(F)cc3c2O)(c2ccc(-c3ncccn3)cc2)N1. The maximum Gasteiger partial charge on any atom is 0.322 e. The van der Waals surface area contributed by atoms with Crippen molar-refractivity contribution in [3.63, 3.8) is 0 Å². The van der Waals surface area contributed by atoms with Gasteiger partial charge in [0, 0.05) is 34.9 Å². The number of amides is 3. The molecule has 1 aliphatic heterocycles. The highest BCUT2D eigenvalue weighted by atomic mass is 19.1. The first-order valence-electron chi connectivity index (χ1n) is 9.45. The molecule has 1 fully saturated rings. The summed E-state index contributed by atoms with van der Waals surface area (Å²) in [6.45, 7) is -0.0894. The van der Waals surface area contributed by atoms with Crippen LogP contribution in [0.1, 0.15) is 5.56 Å². The topological polar surface area (TPSA) is 109 Å². The Hall–Kier alpha value is -4.27. The van der Waals surface area contributed by atoms with Crippen molar-refractivity contribution in [1.82, 2.24) is 25.2 Å². The van der Waals surface area contributed by atoms with Gasteiger partial charge in [-0.05, 0) is 29.8 Å². The van der Waals surface area contributed by atoms with Crippen molar-refractivity contribution >= 4 is 22.7 Å². The molecule has 3 amide bonds. The van der Waals surface area contributed by atoms with Gasteiger partial charge in [0.15, 0.2) is 17.2 Å². The Labute approximate surface area is 175 Å². The lowest BCUT2D eigenvalue weighted by atomic mass is 9.89. The fraction of sp³-hybridized carbons (Fsp3) is 0.0909. The van der Waals surface area contributed by atoms with E-state index in [1.54, 1.807) is 48.9 Å². The number of benzene rings is 2. The molecule has 1 saturated heterocycles. The van der Waals surface area contributed by atoms with Gasteiger partial charge in [-0.1, -0.05) is 24.3 Å². The van der Waals surface area contributed by atoms with Crippen LogP contribution in [0.4, 0.5) is 9.18 Å². The van der Waals surface area contributed by atoms with Gasteiger partial charge < -0.3 is 15.0 Å². The fourth-order valence-electron chi connectivity index (χ4n) is 3.84. The van der Waals surface area contributed by atoms with Crippen LogP contribution in [0.2, 0.25) is 0 Å². The molecule has 8 nitrogen and oxygen atoms in total. The lowest BCUT2D eigenvalue weighted by Gasteiger charge is -2.27. The number of imide groups is 1. The summed E-state index contributed by atoms with van der Waals surface area (Å²) in [6, 6.07) is 12.0. The molecule has 0 bridgehead atoms. The number of nitrogens with one attached hydrogen (secondary N) is 2. The van der Waals surface area contributed by atoms with E-state index in [1.165, 1.54) is 22.8 Å². The Balaban J connectivity index is 1.57. The van der Waals surface area contributed by atoms with E-state index < -0.39 is 23.3 Å². The van der Waals surface area contributed by atoms with Crippen LogP contribution in [0.3, 0.4) is 0 Å². The van der Waals surface area contributed by atoms with E-state index in [0.717, 1.165) is 5.56 Å². The van der Waals surface area contributed by atoms with Gasteiger partial charge >= 0.3 is 6.03 Å². The molecule has 1 aliphatic rings. The standard InChI is InChI=1S/C22H16FN5O3/c23-16-7-4-14-11-28(19(29)17(14)10-16)12-22(20(30)26-21(31)27-22)15-5-2-13(3-6-15)18-24-8-1-9-25-18/h1-11,29H,12H2,(H2,26,27,30,31)/t22-/m0/s1. The number of aromatic hydroxyl groups is 1. The Morgan fingerprint density at radius 2 is 1.81 bits per heavy atom. The molecular formula is C22H16FN5O3. The summed E-state index contributed by atoms with van der Waals surface area (Å²) >= 11 is 0. The first kappa shape index (κ1) is 18.7. The molecule has 2 aromatic heterocycles. The minimum absolute atomic E-state index is 0.0894. The Morgan fingerprint density at radius 3 is 2.48 bits per heavy atom. The third-order valence-corrected chi connectivity index (χ3v) is 5.37. The van der Waals surface area contributed by atoms with Crippen LogP contribution in [0.25, 0.3) is 22.2 Å². The number of rotatable bonds is 4. The minimum Gasteiger partial charge on any atom is -0.494 e. The Morgan fingerprint density at radius 1 is 1.06 bits per heavy atom. The monoisotopic (exact) mass is 417 g/mol. The molecule has 154 valence electrons. The molecule has 0 radical (unpaired) electrons. The maximum atomic E-state index is 13.6. The second kappa shape index (κ2) is 6.91. The number of carbonyl (C=O) groups excluding carboxylic acids is 2. The number of hydrogen-bond acceptors (Lipinski definition) is 5. The average Bonchev–Trinajstić information content (AvgIpc) is 3.24. The first-order valence-corrected chi connectivity index (χ1v) is 9.45. The van der Waals surface area contributed by atoms with E-state index in [1.807, 2.05) is 0 Å². The highest BCUT2D eigenvalue weighted by Gasteiger charge is 2.48. The predicted molar refractivity (Wildman–Crippen MR) is 109 cm³/mol. The number of urea groups is 1. The van der Waals surface area contributed by atoms with E-state index >= 15 is 0 Å². The second-order valence-corrected chi connectivity index (χ2v) is 7.28. The van der Waals surface area contributed by atoms with Crippen molar-refractivity contribution in [2.75, 3.05) is 0 Å². The van der Waals surface area contributed by atoms with Gasteiger partial charge in [0.2, 0.25) is 0 Å². The zero-order valence-electron chi connectivity index (χ0n) is 16.0. The number of halogens is 1. The maximum absolute atomic E-state index is 13.6. The van der Waals surface area contributed by atoms with E-state index in [4.69, 9.17) is 0 Å². The molecule has 31 heavy (non-hydrogen) atoms. The van der Waals surface area contributed by atoms with Crippen molar-refractivity contribution in [2.45, 2.75) is 12.1 Å². The van der Waals surface area contributed by atoms with Crippen molar-refractivity contribution in [1.29, 1.82) is 0 Å². The van der Waals surface area contributed by atoms with Gasteiger partial charge in [-0.2, -0.15) is 0 Å². The number of nitrogens with zero attached hydrogens (tertiary/aromatic N) is 3. The van der Waals surface area contributed by atoms with Gasteiger partial charge in [-0.3, -0.25) is 10.1 Å². The molecule has 0 saturated carbocycles. The number of carbonyl (C=O) groups is 2. The smallest absolute Gasteiger partial charge is 0.322 e. The molecule has 0 unspecified atom stereocenters. The van der Waals surface area contributed by atoms with Crippen molar-refractivity contribution in [3.8, 4) is 17.3 Å². The van der Waals surface area contributed by atoms with Crippen LogP contribution in [0.5, 0.6) is 5.88 Å². The Kier molecular flexibility index (Phi) is 4.18.